The van der Waals surface area contributed by atoms with E-state index in [2.05, 4.69) is 20.9 Å². The standard InChI is InChI=1S/C31H25BrCl2N2O5S/c1-4-40-30(38)27-17(2)35-31-36(28(27)19-10-12-25(39-3)22(32)13-19)29(37)26(42-31)14-18-7-5-6-8-24(18)41-16-20-9-11-21(33)15-23(20)34/h5-15,28H,4,16H2,1-3H3/b26-14+/t28-/m0/s1. The van der Waals surface area contributed by atoms with Crippen molar-refractivity contribution < 1.29 is 19.0 Å². The first kappa shape index (κ1) is 30.1. The highest BCUT2D eigenvalue weighted by Crippen LogP contribution is 2.35. The van der Waals surface area contributed by atoms with Gasteiger partial charge in [-0.15, -0.1) is 0 Å². The summed E-state index contributed by atoms with van der Waals surface area (Å²) in [6.45, 7) is 3.90. The number of aromatic nitrogens is 1. The zero-order chi connectivity index (χ0) is 30.0. The Kier molecular flexibility index (Phi) is 9.22. The summed E-state index contributed by atoms with van der Waals surface area (Å²) in [5, 5.41) is 1.05. The number of carbonyl (C=O) groups is 1. The Morgan fingerprint density at radius 3 is 2.62 bits per heavy atom. The van der Waals surface area contributed by atoms with Gasteiger partial charge >= 0.3 is 5.97 Å². The van der Waals surface area contributed by atoms with Crippen molar-refractivity contribution in [3.8, 4) is 11.5 Å². The summed E-state index contributed by atoms with van der Waals surface area (Å²) >= 11 is 17.1. The Bertz CT molecular complexity index is 1900. The van der Waals surface area contributed by atoms with Gasteiger partial charge in [0, 0.05) is 21.2 Å². The monoisotopic (exact) mass is 686 g/mol. The van der Waals surface area contributed by atoms with Gasteiger partial charge in [-0.1, -0.05) is 64.9 Å². The summed E-state index contributed by atoms with van der Waals surface area (Å²) in [5.74, 6) is 0.680. The third kappa shape index (κ3) is 6.06. The molecule has 7 nitrogen and oxygen atoms in total. The van der Waals surface area contributed by atoms with Crippen LogP contribution >= 0.6 is 50.5 Å². The van der Waals surface area contributed by atoms with E-state index in [1.807, 2.05) is 42.5 Å². The number of ether oxygens (including phenoxy) is 3. The van der Waals surface area contributed by atoms with E-state index in [-0.39, 0.29) is 18.8 Å². The molecule has 0 saturated heterocycles. The fourth-order valence-electron chi connectivity index (χ4n) is 4.63. The van der Waals surface area contributed by atoms with Gasteiger partial charge in [-0.3, -0.25) is 9.36 Å². The Hall–Kier alpha value is -3.37. The molecular weight excluding hydrogens is 663 g/mol. The van der Waals surface area contributed by atoms with Crippen molar-refractivity contribution in [3.63, 3.8) is 0 Å². The molecule has 4 aromatic rings. The van der Waals surface area contributed by atoms with Crippen molar-refractivity contribution in [1.82, 2.24) is 4.57 Å². The van der Waals surface area contributed by atoms with Crippen LogP contribution in [0.2, 0.25) is 10.0 Å². The number of carbonyl (C=O) groups excluding carboxylic acids is 1. The van der Waals surface area contributed by atoms with Crippen LogP contribution in [-0.2, 0) is 16.1 Å². The smallest absolute Gasteiger partial charge is 0.338 e. The lowest BCUT2D eigenvalue weighted by molar-refractivity contribution is -0.139. The minimum atomic E-state index is -0.747. The van der Waals surface area contributed by atoms with Crippen LogP contribution in [-0.4, -0.2) is 24.3 Å². The molecule has 0 amide bonds. The number of halogens is 3. The highest BCUT2D eigenvalue weighted by molar-refractivity contribution is 9.10. The topological polar surface area (TPSA) is 79.1 Å². The summed E-state index contributed by atoms with van der Waals surface area (Å²) in [4.78, 5) is 32.3. The highest BCUT2D eigenvalue weighted by Gasteiger charge is 2.33. The SMILES string of the molecule is CCOC(=O)C1=C(C)N=c2s/c(=C/c3ccccc3OCc3ccc(Cl)cc3Cl)c(=O)n2[C@H]1c1ccc(OC)c(Br)c1. The van der Waals surface area contributed by atoms with E-state index in [9.17, 15) is 9.59 Å². The molecule has 0 N–H and O–H groups in total. The molecule has 216 valence electrons. The number of rotatable bonds is 8. The number of para-hydroxylation sites is 1. The molecule has 1 aliphatic rings. The first-order chi connectivity index (χ1) is 20.2. The molecule has 11 heteroatoms. The van der Waals surface area contributed by atoms with E-state index in [4.69, 9.17) is 37.4 Å². The maximum absolute atomic E-state index is 14.0. The Labute approximate surface area is 264 Å². The van der Waals surface area contributed by atoms with Crippen LogP contribution in [0.1, 0.15) is 36.6 Å². The maximum atomic E-state index is 14.0. The van der Waals surface area contributed by atoms with E-state index >= 15 is 0 Å². The largest absolute Gasteiger partial charge is 0.496 e. The van der Waals surface area contributed by atoms with Gasteiger partial charge in [-0.05, 0) is 71.7 Å². The summed E-state index contributed by atoms with van der Waals surface area (Å²) in [5.41, 5.74) is 2.69. The van der Waals surface area contributed by atoms with Gasteiger partial charge < -0.3 is 14.2 Å². The lowest BCUT2D eigenvalue weighted by Gasteiger charge is -2.25. The third-order valence-corrected chi connectivity index (χ3v) is 8.80. The van der Waals surface area contributed by atoms with Crippen molar-refractivity contribution in [3.05, 3.63) is 123 Å². The number of allylic oxidation sites excluding steroid dienone is 1. The van der Waals surface area contributed by atoms with Crippen LogP contribution in [0, 0.1) is 0 Å². The number of benzene rings is 3. The first-order valence-electron chi connectivity index (χ1n) is 12.9. The van der Waals surface area contributed by atoms with Crippen LogP contribution in [0.3, 0.4) is 0 Å². The quantitative estimate of drug-likeness (QED) is 0.199. The van der Waals surface area contributed by atoms with E-state index in [0.717, 1.165) is 5.56 Å². The van der Waals surface area contributed by atoms with Crippen molar-refractivity contribution in [2.24, 2.45) is 4.99 Å². The maximum Gasteiger partial charge on any atom is 0.338 e. The predicted molar refractivity (Wildman–Crippen MR) is 168 cm³/mol. The molecule has 1 aliphatic heterocycles. The predicted octanol–water partition coefficient (Wildman–Crippen LogP) is 6.46. The molecule has 1 aromatic heterocycles. The highest BCUT2D eigenvalue weighted by atomic mass is 79.9. The van der Waals surface area contributed by atoms with Gasteiger partial charge in [0.2, 0.25) is 0 Å². The van der Waals surface area contributed by atoms with Crippen molar-refractivity contribution in [2.45, 2.75) is 26.5 Å². The minimum absolute atomic E-state index is 0.192. The van der Waals surface area contributed by atoms with E-state index in [1.165, 1.54) is 11.3 Å². The fraction of sp³-hybridized carbons (Fsp3) is 0.194. The van der Waals surface area contributed by atoms with Gasteiger partial charge in [-0.25, -0.2) is 9.79 Å². The van der Waals surface area contributed by atoms with Crippen LogP contribution in [0.15, 0.2) is 86.2 Å². The Morgan fingerprint density at radius 1 is 1.12 bits per heavy atom. The zero-order valence-corrected chi connectivity index (χ0v) is 26.7. The van der Waals surface area contributed by atoms with E-state index in [1.54, 1.807) is 49.8 Å². The van der Waals surface area contributed by atoms with E-state index < -0.39 is 12.0 Å². The summed E-state index contributed by atoms with van der Waals surface area (Å²) < 4.78 is 19.5. The van der Waals surface area contributed by atoms with Gasteiger partial charge in [-0.2, -0.15) is 0 Å². The molecule has 2 heterocycles. The van der Waals surface area contributed by atoms with Gasteiger partial charge in [0.25, 0.3) is 5.56 Å². The van der Waals surface area contributed by atoms with Crippen molar-refractivity contribution >= 4 is 62.5 Å². The lowest BCUT2D eigenvalue weighted by atomic mass is 9.96. The van der Waals surface area contributed by atoms with E-state index in [0.29, 0.717) is 57.7 Å². The molecule has 5 rings (SSSR count). The molecule has 0 saturated carbocycles. The normalized spacial score (nSPS) is 14.8. The molecule has 0 unspecified atom stereocenters. The average molecular weight is 688 g/mol. The van der Waals surface area contributed by atoms with Crippen LogP contribution < -0.4 is 24.4 Å². The fourth-order valence-corrected chi connectivity index (χ4v) is 6.69. The second kappa shape index (κ2) is 12.9. The first-order valence-corrected chi connectivity index (χ1v) is 15.3. The number of esters is 1. The molecule has 0 aliphatic carbocycles. The average Bonchev–Trinajstić information content (AvgIpc) is 3.26. The summed E-state index contributed by atoms with van der Waals surface area (Å²) in [6.07, 6.45) is 1.77. The Morgan fingerprint density at radius 2 is 1.90 bits per heavy atom. The number of thiazole rings is 1. The van der Waals surface area contributed by atoms with Crippen molar-refractivity contribution in [2.75, 3.05) is 13.7 Å². The molecule has 0 radical (unpaired) electrons. The third-order valence-electron chi connectivity index (χ3n) is 6.61. The van der Waals surface area contributed by atoms with Crippen LogP contribution in [0.25, 0.3) is 6.08 Å². The number of hydrogen-bond donors (Lipinski definition) is 0. The molecular formula is C31H25BrCl2N2O5S. The number of fused-ring (bicyclic) bond motifs is 1. The molecule has 0 bridgehead atoms. The Balaban J connectivity index is 1.60. The molecule has 1 atom stereocenters. The zero-order valence-electron chi connectivity index (χ0n) is 22.8. The van der Waals surface area contributed by atoms with Crippen LogP contribution in [0.4, 0.5) is 0 Å². The van der Waals surface area contributed by atoms with Gasteiger partial charge in [0.05, 0.1) is 40.0 Å². The van der Waals surface area contributed by atoms with Gasteiger partial charge in [0.15, 0.2) is 4.80 Å². The number of nitrogens with zero attached hydrogens (tertiary/aromatic N) is 2. The summed E-state index contributed by atoms with van der Waals surface area (Å²) in [6, 6.07) is 17.3. The second-order valence-electron chi connectivity index (χ2n) is 9.26. The lowest BCUT2D eigenvalue weighted by Crippen LogP contribution is -2.40. The number of methoxy groups -OCH3 is 1. The number of hydrogen-bond acceptors (Lipinski definition) is 7. The van der Waals surface area contributed by atoms with Crippen molar-refractivity contribution in [1.29, 1.82) is 0 Å². The minimum Gasteiger partial charge on any atom is -0.496 e. The summed E-state index contributed by atoms with van der Waals surface area (Å²) in [7, 11) is 1.57. The molecule has 42 heavy (non-hydrogen) atoms. The molecule has 3 aromatic carbocycles. The van der Waals surface area contributed by atoms with Gasteiger partial charge in [0.1, 0.15) is 18.1 Å². The molecule has 0 fully saturated rings. The second-order valence-corrected chi connectivity index (χ2v) is 12.0. The van der Waals surface area contributed by atoms with Crippen LogP contribution in [0.5, 0.6) is 11.5 Å². The molecule has 0 spiro atoms.